The molecule has 0 aliphatic carbocycles. The molecule has 0 fully saturated rings. The Balaban J connectivity index is 0.000000280. The summed E-state index contributed by atoms with van der Waals surface area (Å²) in [6, 6.07) is 13.3. The number of para-hydroxylation sites is 1. The highest BCUT2D eigenvalue weighted by Gasteiger charge is 1.93. The summed E-state index contributed by atoms with van der Waals surface area (Å²) in [4.78, 5) is 3.91. The lowest BCUT2D eigenvalue weighted by Crippen LogP contribution is -1.82. The minimum absolute atomic E-state index is 0.807. The molecule has 96 valence electrons. The van der Waals surface area contributed by atoms with Gasteiger partial charge in [-0.1, -0.05) is 18.2 Å². The summed E-state index contributed by atoms with van der Waals surface area (Å²) in [5.74, 6) is 1.65. The first kappa shape index (κ1) is 14.8. The smallest absolute Gasteiger partial charge is 0.317 e. The first-order valence-corrected chi connectivity index (χ1v) is 7.86. The Bertz CT molecular complexity index is 516. The molecule has 7 heteroatoms. The molecule has 0 atom stereocenters. The maximum atomic E-state index is 9.16. The lowest BCUT2D eigenvalue weighted by Gasteiger charge is -2.03. The molecule has 1 aromatic carbocycles. The van der Waals surface area contributed by atoms with Gasteiger partial charge < -0.3 is 4.74 Å². The number of ether oxygens (including phenoxy) is 1. The van der Waals surface area contributed by atoms with Crippen LogP contribution in [-0.2, 0) is 8.26 Å². The van der Waals surface area contributed by atoms with Crippen molar-refractivity contribution in [2.75, 3.05) is 0 Å². The van der Waals surface area contributed by atoms with Crippen LogP contribution in [0.4, 0.5) is 0 Å². The van der Waals surface area contributed by atoms with Crippen LogP contribution in [0.3, 0.4) is 0 Å². The van der Waals surface area contributed by atoms with Gasteiger partial charge in [0.1, 0.15) is 11.5 Å². The summed E-state index contributed by atoms with van der Waals surface area (Å²) in [5, 5.41) is 0. The number of pyridine rings is 1. The maximum Gasteiger partial charge on any atom is 0.317 e. The van der Waals surface area contributed by atoms with E-state index in [1.165, 1.54) is 0 Å². The van der Waals surface area contributed by atoms with Crippen molar-refractivity contribution in [3.63, 3.8) is 0 Å². The number of aromatic nitrogens is 1. The third kappa shape index (κ3) is 7.89. The molecule has 4 nitrogen and oxygen atoms in total. The van der Waals surface area contributed by atoms with Gasteiger partial charge >= 0.3 is 8.26 Å². The van der Waals surface area contributed by atoms with Gasteiger partial charge in [0.15, 0.2) is 0 Å². The number of nitrogens with zero attached hydrogens (tertiary/aromatic N) is 1. The highest BCUT2D eigenvalue weighted by molar-refractivity contribution is 8.31. The largest absolute Gasteiger partial charge is 0.457 e. The quantitative estimate of drug-likeness (QED) is 0.796. The topological polar surface area (TPSA) is 56.3 Å². The fraction of sp³-hybridized carbons (Fsp3) is 0. The van der Waals surface area contributed by atoms with E-state index in [2.05, 4.69) is 26.3 Å². The molecule has 0 aliphatic rings. The SMILES string of the molecule is O=S(=O)(Cl)Cl.c1ccc(Oc2ccncc2)cc1. The Morgan fingerprint density at radius 2 is 1.33 bits per heavy atom. The van der Waals surface area contributed by atoms with Gasteiger partial charge in [0.25, 0.3) is 0 Å². The first-order valence-electron chi connectivity index (χ1n) is 4.72. The van der Waals surface area contributed by atoms with Crippen molar-refractivity contribution in [3.05, 3.63) is 54.9 Å². The average Bonchev–Trinajstić information content (AvgIpc) is 2.29. The van der Waals surface area contributed by atoms with E-state index >= 15 is 0 Å². The standard InChI is InChI=1S/C11H9NO.Cl2O2S/c1-2-4-10(5-3-1)13-11-6-8-12-9-7-11;1-5(2,3)4/h1-9H;. The third-order valence-electron chi connectivity index (χ3n) is 1.63. The van der Waals surface area contributed by atoms with Gasteiger partial charge in [-0.25, -0.2) is 0 Å². The molecule has 0 spiro atoms. The van der Waals surface area contributed by atoms with E-state index in [9.17, 15) is 0 Å². The van der Waals surface area contributed by atoms with Gasteiger partial charge in [-0.15, -0.1) is 0 Å². The first-order chi connectivity index (χ1) is 8.45. The molecule has 0 N–H and O–H groups in total. The second-order valence-corrected chi connectivity index (χ2v) is 6.64. The zero-order valence-corrected chi connectivity index (χ0v) is 11.4. The van der Waals surface area contributed by atoms with Crippen LogP contribution in [0.1, 0.15) is 0 Å². The molecule has 1 heterocycles. The Morgan fingerprint density at radius 3 is 1.83 bits per heavy atom. The van der Waals surface area contributed by atoms with Crippen molar-refractivity contribution in [3.8, 4) is 11.5 Å². The Labute approximate surface area is 114 Å². The molecule has 0 unspecified atom stereocenters. The van der Waals surface area contributed by atoms with Crippen LogP contribution in [0.2, 0.25) is 0 Å². The van der Waals surface area contributed by atoms with Crippen molar-refractivity contribution in [2.24, 2.45) is 0 Å². The second-order valence-electron chi connectivity index (χ2n) is 2.98. The fourth-order valence-corrected chi connectivity index (χ4v) is 1.03. The lowest BCUT2D eigenvalue weighted by atomic mass is 10.3. The zero-order valence-electron chi connectivity index (χ0n) is 9.03. The highest BCUT2D eigenvalue weighted by Crippen LogP contribution is 2.18. The van der Waals surface area contributed by atoms with Crippen molar-refractivity contribution in [1.82, 2.24) is 4.98 Å². The van der Waals surface area contributed by atoms with Crippen LogP contribution < -0.4 is 4.74 Å². The molecular weight excluding hydrogens is 297 g/mol. The van der Waals surface area contributed by atoms with E-state index in [0.29, 0.717) is 0 Å². The number of benzene rings is 1. The summed E-state index contributed by atoms with van der Waals surface area (Å²) in [6.45, 7) is 0. The van der Waals surface area contributed by atoms with Gasteiger partial charge in [0, 0.05) is 33.8 Å². The number of hydrogen-bond acceptors (Lipinski definition) is 4. The molecule has 2 aromatic rings. The van der Waals surface area contributed by atoms with E-state index < -0.39 is 8.26 Å². The molecule has 0 radical (unpaired) electrons. The summed E-state index contributed by atoms with van der Waals surface area (Å²) in [7, 11) is 4.81. The summed E-state index contributed by atoms with van der Waals surface area (Å²) in [5.41, 5.74) is 0. The monoisotopic (exact) mass is 305 g/mol. The maximum absolute atomic E-state index is 9.16. The molecule has 2 rings (SSSR count). The van der Waals surface area contributed by atoms with Crippen LogP contribution in [0.5, 0.6) is 11.5 Å². The minimum Gasteiger partial charge on any atom is -0.457 e. The molecule has 0 saturated carbocycles. The van der Waals surface area contributed by atoms with E-state index in [4.69, 9.17) is 13.2 Å². The van der Waals surface area contributed by atoms with E-state index in [-0.39, 0.29) is 0 Å². The molecule has 0 aliphatic heterocycles. The summed E-state index contributed by atoms with van der Waals surface area (Å²) < 4.78 is 23.9. The number of hydrogen-bond donors (Lipinski definition) is 0. The van der Waals surface area contributed by atoms with E-state index in [1.807, 2.05) is 42.5 Å². The van der Waals surface area contributed by atoms with Crippen LogP contribution in [-0.4, -0.2) is 13.4 Å². The van der Waals surface area contributed by atoms with Crippen molar-refractivity contribution in [1.29, 1.82) is 0 Å². The van der Waals surface area contributed by atoms with Crippen molar-refractivity contribution < 1.29 is 13.2 Å². The number of rotatable bonds is 2. The minimum atomic E-state index is -3.72. The van der Waals surface area contributed by atoms with Gasteiger partial charge in [-0.3, -0.25) is 4.98 Å². The lowest BCUT2D eigenvalue weighted by molar-refractivity contribution is 0.482. The second kappa shape index (κ2) is 7.20. The molecule has 0 amide bonds. The van der Waals surface area contributed by atoms with Crippen LogP contribution in [0, 0.1) is 0 Å². The van der Waals surface area contributed by atoms with Crippen LogP contribution in [0.15, 0.2) is 54.9 Å². The van der Waals surface area contributed by atoms with Crippen molar-refractivity contribution >= 4 is 29.6 Å². The van der Waals surface area contributed by atoms with Gasteiger partial charge in [-0.2, -0.15) is 8.42 Å². The molecule has 0 bridgehead atoms. The molecule has 1 aromatic heterocycles. The van der Waals surface area contributed by atoms with E-state index in [0.717, 1.165) is 11.5 Å². The normalized spacial score (nSPS) is 10.1. The predicted octanol–water partition coefficient (Wildman–Crippen LogP) is 3.58. The van der Waals surface area contributed by atoms with Crippen molar-refractivity contribution in [2.45, 2.75) is 0 Å². The zero-order chi connectivity index (χ0) is 13.4. The Kier molecular flexibility index (Phi) is 5.91. The van der Waals surface area contributed by atoms with Gasteiger partial charge in [0.2, 0.25) is 0 Å². The third-order valence-corrected chi connectivity index (χ3v) is 1.63. The Morgan fingerprint density at radius 1 is 0.889 bits per heavy atom. The summed E-state index contributed by atoms with van der Waals surface area (Å²) in [6.07, 6.45) is 3.41. The number of halogens is 2. The summed E-state index contributed by atoms with van der Waals surface area (Å²) >= 11 is 0. The van der Waals surface area contributed by atoms with Crippen LogP contribution >= 0.6 is 21.4 Å². The van der Waals surface area contributed by atoms with E-state index in [1.54, 1.807) is 12.4 Å². The molecular formula is C11H9Cl2NO3S. The van der Waals surface area contributed by atoms with Gasteiger partial charge in [0.05, 0.1) is 0 Å². The predicted molar refractivity (Wildman–Crippen MR) is 71.4 cm³/mol. The van der Waals surface area contributed by atoms with Gasteiger partial charge in [-0.05, 0) is 24.3 Å². The average molecular weight is 306 g/mol. The fourth-order valence-electron chi connectivity index (χ4n) is 1.03. The molecule has 18 heavy (non-hydrogen) atoms. The molecule has 0 saturated heterocycles. The Hall–Kier alpha value is -1.30. The van der Waals surface area contributed by atoms with Crippen LogP contribution in [0.25, 0.3) is 0 Å². The highest BCUT2D eigenvalue weighted by atomic mass is 36.0.